The summed E-state index contributed by atoms with van der Waals surface area (Å²) < 4.78 is 11.9. The Morgan fingerprint density at radius 2 is 1.31 bits per heavy atom. The van der Waals surface area contributed by atoms with Crippen molar-refractivity contribution >= 4 is 105 Å². The first-order chi connectivity index (χ1) is 23.2. The Balaban J connectivity index is 1.73. The van der Waals surface area contributed by atoms with Crippen LogP contribution in [-0.2, 0) is 19.1 Å². The molecule has 0 radical (unpaired) electrons. The van der Waals surface area contributed by atoms with Gasteiger partial charge in [0.05, 0.1) is 43.4 Å². The fourth-order valence-corrected chi connectivity index (χ4v) is 6.25. The SMILES string of the molecule is CCC(C)OC(=O)C1=NN(c2c(Cl)cc(Cl)cc2Cl)C(=O)\C1=C/C=C/C=C/c1c(C(=O)OC(C)CC)[nH]n(-c2c(Cl)cc(Cl)cc2Cl)c1=O. The number of halogens is 6. The molecule has 0 fully saturated rings. The molecule has 10 nitrogen and oxygen atoms in total. The maximum atomic E-state index is 13.6. The molecule has 258 valence electrons. The Bertz CT molecular complexity index is 1950. The van der Waals surface area contributed by atoms with Gasteiger partial charge in [0.25, 0.3) is 11.5 Å². The maximum Gasteiger partial charge on any atom is 0.359 e. The minimum atomic E-state index is -0.835. The van der Waals surface area contributed by atoms with Crippen molar-refractivity contribution in [1.29, 1.82) is 0 Å². The second kappa shape index (κ2) is 16.5. The summed E-state index contributed by atoms with van der Waals surface area (Å²) in [5.41, 5.74) is -1.17. The Morgan fingerprint density at radius 1 is 0.796 bits per heavy atom. The number of aromatic amines is 1. The van der Waals surface area contributed by atoms with Gasteiger partial charge in [0, 0.05) is 10.0 Å². The first-order valence-electron chi connectivity index (χ1n) is 14.7. The Kier molecular flexibility index (Phi) is 12.9. The van der Waals surface area contributed by atoms with Crippen molar-refractivity contribution in [2.45, 2.75) is 52.7 Å². The van der Waals surface area contributed by atoms with E-state index < -0.39 is 35.6 Å². The zero-order valence-electron chi connectivity index (χ0n) is 26.3. The number of benzene rings is 2. The van der Waals surface area contributed by atoms with Crippen molar-refractivity contribution in [3.8, 4) is 5.69 Å². The van der Waals surface area contributed by atoms with Gasteiger partial charge in [-0.25, -0.2) is 14.3 Å². The molecular formula is C33H28Cl6N4O6. The minimum Gasteiger partial charge on any atom is -0.458 e. The molecule has 1 aliphatic rings. The van der Waals surface area contributed by atoms with Gasteiger partial charge >= 0.3 is 11.9 Å². The number of amides is 1. The lowest BCUT2D eigenvalue weighted by atomic mass is 10.1. The van der Waals surface area contributed by atoms with Gasteiger partial charge in [0.1, 0.15) is 11.4 Å². The van der Waals surface area contributed by atoms with Crippen LogP contribution in [0.2, 0.25) is 30.1 Å². The molecule has 1 aromatic heterocycles. The number of allylic oxidation sites excluding steroid dienone is 4. The van der Waals surface area contributed by atoms with Crippen LogP contribution in [0.15, 0.2) is 64.0 Å². The monoisotopic (exact) mass is 786 g/mol. The van der Waals surface area contributed by atoms with Crippen LogP contribution in [0.1, 0.15) is 56.6 Å². The van der Waals surface area contributed by atoms with Crippen molar-refractivity contribution in [3.05, 3.63) is 106 Å². The lowest BCUT2D eigenvalue weighted by Gasteiger charge is -2.15. The van der Waals surface area contributed by atoms with E-state index in [-0.39, 0.29) is 64.1 Å². The smallest absolute Gasteiger partial charge is 0.359 e. The quantitative estimate of drug-likeness (QED) is 0.117. The van der Waals surface area contributed by atoms with Gasteiger partial charge in [0.15, 0.2) is 11.4 Å². The molecule has 0 aliphatic carbocycles. The number of hydrazone groups is 1. The number of rotatable bonds is 11. The summed E-state index contributed by atoms with van der Waals surface area (Å²) in [7, 11) is 0. The number of carbonyl (C=O) groups is 3. The van der Waals surface area contributed by atoms with Crippen molar-refractivity contribution < 1.29 is 23.9 Å². The van der Waals surface area contributed by atoms with Crippen molar-refractivity contribution in [2.24, 2.45) is 5.10 Å². The third kappa shape index (κ3) is 8.63. The van der Waals surface area contributed by atoms with Crippen molar-refractivity contribution in [2.75, 3.05) is 5.01 Å². The number of anilines is 1. The topological polar surface area (TPSA) is 123 Å². The number of aromatic nitrogens is 2. The van der Waals surface area contributed by atoms with Crippen LogP contribution in [0.25, 0.3) is 11.8 Å². The van der Waals surface area contributed by atoms with E-state index in [4.69, 9.17) is 79.1 Å². The lowest BCUT2D eigenvalue weighted by molar-refractivity contribution is -0.140. The third-order valence-electron chi connectivity index (χ3n) is 7.11. The highest BCUT2D eigenvalue weighted by atomic mass is 35.5. The van der Waals surface area contributed by atoms with E-state index in [0.717, 1.165) is 9.69 Å². The molecule has 1 N–H and O–H groups in total. The van der Waals surface area contributed by atoms with Crippen molar-refractivity contribution in [3.63, 3.8) is 0 Å². The molecule has 2 aromatic carbocycles. The van der Waals surface area contributed by atoms with Gasteiger partial charge in [-0.1, -0.05) is 102 Å². The van der Waals surface area contributed by atoms with Crippen LogP contribution < -0.4 is 10.6 Å². The lowest BCUT2D eigenvalue weighted by Crippen LogP contribution is -2.25. The zero-order chi connectivity index (χ0) is 36.2. The van der Waals surface area contributed by atoms with Crippen molar-refractivity contribution in [1.82, 2.24) is 9.78 Å². The number of carbonyl (C=O) groups excluding carboxylic acids is 3. The zero-order valence-corrected chi connectivity index (χ0v) is 30.9. The van der Waals surface area contributed by atoms with E-state index in [1.807, 2.05) is 13.8 Å². The average molecular weight is 789 g/mol. The number of hydrogen-bond acceptors (Lipinski definition) is 7. The number of nitrogens with zero attached hydrogens (tertiary/aromatic N) is 3. The summed E-state index contributed by atoms with van der Waals surface area (Å²) in [6, 6.07) is 5.56. The standard InChI is InChI=1S/C33H28Cl6N4O6/c1-5-16(3)48-32(46)26-20(30(44)42(40-26)28-22(36)12-18(34)13-23(28)37)10-8-7-9-11-21-27(33(47)49-17(4)6-2)41-43(31(21)45)29-24(38)14-19(35)15-25(29)39/h7-17,40H,5-6H2,1-4H3/b9-7+,10-8+,21-11-. The average Bonchev–Trinajstić information content (AvgIpc) is 3.52. The number of nitrogens with one attached hydrogen (secondary N) is 1. The number of hydrogen-bond donors (Lipinski definition) is 1. The molecule has 1 aliphatic heterocycles. The summed E-state index contributed by atoms with van der Waals surface area (Å²) in [6.45, 7) is 7.08. The second-order valence-electron chi connectivity index (χ2n) is 10.6. The van der Waals surface area contributed by atoms with Crippen LogP contribution in [0.5, 0.6) is 0 Å². The summed E-state index contributed by atoms with van der Waals surface area (Å²) in [5.74, 6) is -2.33. The van der Waals surface area contributed by atoms with Crippen LogP contribution in [0, 0.1) is 0 Å². The summed E-state index contributed by atoms with van der Waals surface area (Å²) in [6.07, 6.45) is 7.21. The minimum absolute atomic E-state index is 0.0280. The highest BCUT2D eigenvalue weighted by molar-refractivity contribution is 6.54. The van der Waals surface area contributed by atoms with E-state index >= 15 is 0 Å². The van der Waals surface area contributed by atoms with Gasteiger partial charge in [-0.3, -0.25) is 14.7 Å². The van der Waals surface area contributed by atoms with Crippen LogP contribution in [0.4, 0.5) is 5.69 Å². The Hall–Kier alpha value is -3.51. The molecule has 2 atom stereocenters. The molecule has 0 saturated heterocycles. The molecule has 49 heavy (non-hydrogen) atoms. The maximum absolute atomic E-state index is 13.6. The highest BCUT2D eigenvalue weighted by Crippen LogP contribution is 2.39. The van der Waals surface area contributed by atoms with E-state index in [2.05, 4.69) is 10.2 Å². The molecular weight excluding hydrogens is 761 g/mol. The van der Waals surface area contributed by atoms with Gasteiger partial charge in [-0.05, 0) is 63.1 Å². The molecule has 0 spiro atoms. The predicted octanol–water partition coefficient (Wildman–Crippen LogP) is 9.28. The summed E-state index contributed by atoms with van der Waals surface area (Å²) in [4.78, 5) is 53.3. The van der Waals surface area contributed by atoms with Crippen LogP contribution in [0.3, 0.4) is 0 Å². The highest BCUT2D eigenvalue weighted by Gasteiger charge is 2.38. The normalized spacial score (nSPS) is 15.4. The molecule has 16 heteroatoms. The van der Waals surface area contributed by atoms with Crippen LogP contribution in [-0.4, -0.2) is 45.5 Å². The molecule has 0 saturated carbocycles. The predicted molar refractivity (Wildman–Crippen MR) is 195 cm³/mol. The fraction of sp³-hybridized carbons (Fsp3) is 0.242. The third-order valence-corrected chi connectivity index (χ3v) is 8.70. The van der Waals surface area contributed by atoms with E-state index in [0.29, 0.717) is 12.8 Å². The first kappa shape index (κ1) is 38.3. The summed E-state index contributed by atoms with van der Waals surface area (Å²) >= 11 is 37.5. The molecule has 4 rings (SSSR count). The van der Waals surface area contributed by atoms with Gasteiger partial charge in [0.2, 0.25) is 0 Å². The molecule has 0 bridgehead atoms. The van der Waals surface area contributed by atoms with Crippen LogP contribution >= 0.6 is 69.6 Å². The number of esters is 2. The van der Waals surface area contributed by atoms with Gasteiger partial charge in [-0.2, -0.15) is 10.1 Å². The van der Waals surface area contributed by atoms with E-state index in [1.165, 1.54) is 54.6 Å². The van der Waals surface area contributed by atoms with E-state index in [1.54, 1.807) is 13.8 Å². The first-order valence-corrected chi connectivity index (χ1v) is 17.0. The summed E-state index contributed by atoms with van der Waals surface area (Å²) in [5, 5.41) is 8.51. The fourth-order valence-electron chi connectivity index (χ4n) is 4.28. The van der Waals surface area contributed by atoms with Gasteiger partial charge < -0.3 is 9.47 Å². The number of H-pyrrole nitrogens is 1. The second-order valence-corrected chi connectivity index (χ2v) is 13.1. The Morgan fingerprint density at radius 3 is 1.84 bits per heavy atom. The molecule has 2 unspecified atom stereocenters. The molecule has 3 aromatic rings. The number of ether oxygens (including phenoxy) is 2. The Labute approximate surface area is 311 Å². The largest absolute Gasteiger partial charge is 0.458 e. The van der Waals surface area contributed by atoms with Gasteiger partial charge in [-0.15, -0.1) is 0 Å². The molecule has 1 amide bonds. The molecule has 2 heterocycles. The van der Waals surface area contributed by atoms with E-state index in [9.17, 15) is 19.2 Å².